The molecule has 0 saturated heterocycles. The van der Waals surface area contributed by atoms with E-state index in [1.54, 1.807) is 5.56 Å². The predicted molar refractivity (Wildman–Crippen MR) is 50.4 cm³/mol. The topological polar surface area (TPSA) is 0 Å². The molecule has 0 aliphatic rings. The summed E-state index contributed by atoms with van der Waals surface area (Å²) in [4.78, 5) is 0. The number of hydrogen-bond acceptors (Lipinski definition) is 0. The standard InChI is InChI=1S/C11H17.Na/c1-6-11-9(4)7(2)8(3)10(11)5;/h6H2,1-5H3;/q-1;+1. The maximum absolute atomic E-state index is 2.23. The van der Waals surface area contributed by atoms with Crippen LogP contribution in [0.4, 0.5) is 0 Å². The van der Waals surface area contributed by atoms with Gasteiger partial charge in [-0.1, -0.05) is 41.0 Å². The van der Waals surface area contributed by atoms with Crippen LogP contribution in [-0.2, 0) is 6.42 Å². The van der Waals surface area contributed by atoms with Crippen LogP contribution in [0, 0.1) is 27.7 Å². The normalized spacial score (nSPS) is 9.75. The van der Waals surface area contributed by atoms with Crippen LogP contribution in [0.2, 0.25) is 0 Å². The van der Waals surface area contributed by atoms with Crippen molar-refractivity contribution in [1.29, 1.82) is 0 Å². The minimum Gasteiger partial charge on any atom is -0.196 e. The van der Waals surface area contributed by atoms with Crippen LogP contribution in [0.25, 0.3) is 0 Å². The first kappa shape index (κ1) is 12.3. The smallest absolute Gasteiger partial charge is 0.196 e. The van der Waals surface area contributed by atoms with E-state index < -0.39 is 0 Å². The Morgan fingerprint density at radius 1 is 0.917 bits per heavy atom. The van der Waals surface area contributed by atoms with Gasteiger partial charge in [0.15, 0.2) is 0 Å². The minimum absolute atomic E-state index is 0. The summed E-state index contributed by atoms with van der Waals surface area (Å²) in [7, 11) is 0. The van der Waals surface area contributed by atoms with Gasteiger partial charge < -0.3 is 0 Å². The van der Waals surface area contributed by atoms with Crippen molar-refractivity contribution >= 4 is 0 Å². The molecule has 1 heteroatoms. The van der Waals surface area contributed by atoms with Crippen molar-refractivity contribution in [2.24, 2.45) is 0 Å². The van der Waals surface area contributed by atoms with Crippen LogP contribution in [0.5, 0.6) is 0 Å². The molecule has 0 nitrogen and oxygen atoms in total. The predicted octanol–water partition coefficient (Wildman–Crippen LogP) is 0.206. The van der Waals surface area contributed by atoms with E-state index in [1.165, 1.54) is 28.7 Å². The SMILES string of the molecule is CC[c-]1c(C)c(C)c(C)c1C.[Na+]. The molecule has 0 heterocycles. The summed E-state index contributed by atoms with van der Waals surface area (Å²) in [6, 6.07) is 0. The fraction of sp³-hybridized carbons (Fsp3) is 0.545. The molecule has 62 valence electrons. The Hall–Kier alpha value is 0.350. The van der Waals surface area contributed by atoms with E-state index in [1.807, 2.05) is 0 Å². The molecule has 1 aromatic rings. The maximum Gasteiger partial charge on any atom is 1.00 e. The summed E-state index contributed by atoms with van der Waals surface area (Å²) in [5.41, 5.74) is 7.53. The molecule has 0 aliphatic heterocycles. The second-order valence-corrected chi connectivity index (χ2v) is 3.33. The molecule has 0 saturated carbocycles. The average Bonchev–Trinajstić information content (AvgIpc) is 2.17. The molecule has 1 aromatic carbocycles. The van der Waals surface area contributed by atoms with Crippen molar-refractivity contribution < 1.29 is 29.6 Å². The Bertz CT molecular complexity index is 244. The summed E-state index contributed by atoms with van der Waals surface area (Å²) in [5, 5.41) is 0. The molecule has 0 unspecified atom stereocenters. The van der Waals surface area contributed by atoms with E-state index in [-0.39, 0.29) is 29.6 Å². The molecule has 0 fully saturated rings. The fourth-order valence-electron chi connectivity index (χ4n) is 1.83. The van der Waals surface area contributed by atoms with Crippen LogP contribution in [0.3, 0.4) is 0 Å². The molecule has 1 rings (SSSR count). The van der Waals surface area contributed by atoms with Gasteiger partial charge in [-0.05, 0) is 0 Å². The van der Waals surface area contributed by atoms with Crippen molar-refractivity contribution in [2.75, 3.05) is 0 Å². The van der Waals surface area contributed by atoms with Gasteiger partial charge in [0.25, 0.3) is 0 Å². The summed E-state index contributed by atoms with van der Waals surface area (Å²) >= 11 is 0. The van der Waals surface area contributed by atoms with Gasteiger partial charge in [-0.3, -0.25) is 0 Å². The van der Waals surface area contributed by atoms with Crippen LogP contribution in [0.1, 0.15) is 34.7 Å². The van der Waals surface area contributed by atoms with Crippen molar-refractivity contribution in [3.8, 4) is 0 Å². The zero-order chi connectivity index (χ0) is 8.59. The van der Waals surface area contributed by atoms with E-state index in [0.29, 0.717) is 0 Å². The summed E-state index contributed by atoms with van der Waals surface area (Å²) < 4.78 is 0. The fourth-order valence-corrected chi connectivity index (χ4v) is 1.83. The molecule has 0 spiro atoms. The van der Waals surface area contributed by atoms with Crippen LogP contribution >= 0.6 is 0 Å². The van der Waals surface area contributed by atoms with Crippen LogP contribution in [0.15, 0.2) is 0 Å². The molecule has 0 aromatic heterocycles. The summed E-state index contributed by atoms with van der Waals surface area (Å²) in [6.45, 7) is 11.1. The van der Waals surface area contributed by atoms with Crippen molar-refractivity contribution in [3.63, 3.8) is 0 Å². The van der Waals surface area contributed by atoms with Crippen LogP contribution in [-0.4, -0.2) is 0 Å². The van der Waals surface area contributed by atoms with Gasteiger partial charge in [-0.15, -0.1) is 0 Å². The van der Waals surface area contributed by atoms with Crippen molar-refractivity contribution in [3.05, 3.63) is 27.8 Å². The van der Waals surface area contributed by atoms with Crippen molar-refractivity contribution in [2.45, 2.75) is 41.0 Å². The molecular weight excluding hydrogens is 155 g/mol. The Morgan fingerprint density at radius 3 is 1.42 bits per heavy atom. The average molecular weight is 172 g/mol. The molecule has 0 amide bonds. The Labute approximate surface area is 98.0 Å². The van der Waals surface area contributed by atoms with E-state index >= 15 is 0 Å². The molecular formula is C11H17Na. The molecule has 0 N–H and O–H groups in total. The first-order chi connectivity index (χ1) is 5.09. The third-order valence-electron chi connectivity index (χ3n) is 2.95. The van der Waals surface area contributed by atoms with E-state index in [0.717, 1.165) is 0 Å². The second-order valence-electron chi connectivity index (χ2n) is 3.33. The quantitative estimate of drug-likeness (QED) is 0.419. The first-order valence-corrected chi connectivity index (χ1v) is 4.31. The third-order valence-corrected chi connectivity index (χ3v) is 2.95. The Balaban J connectivity index is 0.00000121. The Morgan fingerprint density at radius 2 is 1.25 bits per heavy atom. The molecule has 12 heavy (non-hydrogen) atoms. The molecule has 0 aliphatic carbocycles. The van der Waals surface area contributed by atoms with Gasteiger partial charge in [0.05, 0.1) is 0 Å². The van der Waals surface area contributed by atoms with Gasteiger partial charge in [-0.2, -0.15) is 27.8 Å². The molecule has 0 bridgehead atoms. The van der Waals surface area contributed by atoms with Crippen molar-refractivity contribution in [1.82, 2.24) is 0 Å². The number of rotatable bonds is 1. The van der Waals surface area contributed by atoms with Gasteiger partial charge >= 0.3 is 29.6 Å². The summed E-state index contributed by atoms with van der Waals surface area (Å²) in [5.74, 6) is 0. The van der Waals surface area contributed by atoms with E-state index in [4.69, 9.17) is 0 Å². The van der Waals surface area contributed by atoms with Gasteiger partial charge in [0, 0.05) is 0 Å². The van der Waals surface area contributed by atoms with E-state index in [9.17, 15) is 0 Å². The third kappa shape index (κ3) is 1.81. The van der Waals surface area contributed by atoms with Gasteiger partial charge in [-0.25, -0.2) is 0 Å². The minimum atomic E-state index is 0. The maximum atomic E-state index is 2.23. The van der Waals surface area contributed by atoms with Gasteiger partial charge in [0.1, 0.15) is 0 Å². The zero-order valence-corrected chi connectivity index (χ0v) is 11.2. The van der Waals surface area contributed by atoms with Crippen LogP contribution < -0.4 is 29.6 Å². The first-order valence-electron chi connectivity index (χ1n) is 4.31. The second kappa shape index (κ2) is 4.55. The summed E-state index contributed by atoms with van der Waals surface area (Å²) in [6.07, 6.45) is 1.17. The monoisotopic (exact) mass is 172 g/mol. The largest absolute Gasteiger partial charge is 1.00 e. The molecule has 0 atom stereocenters. The molecule has 0 radical (unpaired) electrons. The Kier molecular flexibility index (Phi) is 4.68. The number of hydrogen-bond donors (Lipinski definition) is 0. The van der Waals surface area contributed by atoms with Gasteiger partial charge in [0.2, 0.25) is 0 Å². The zero-order valence-electron chi connectivity index (χ0n) is 9.21. The van der Waals surface area contributed by atoms with E-state index in [2.05, 4.69) is 34.6 Å².